The van der Waals surface area contributed by atoms with Crippen molar-refractivity contribution >= 4 is 5.91 Å². The molecule has 0 unspecified atom stereocenters. The molecule has 1 aliphatic rings. The third-order valence-corrected chi connectivity index (χ3v) is 4.06. The van der Waals surface area contributed by atoms with Crippen molar-refractivity contribution in [1.29, 1.82) is 0 Å². The van der Waals surface area contributed by atoms with Gasteiger partial charge in [-0.25, -0.2) is 0 Å². The molecule has 0 saturated carbocycles. The Morgan fingerprint density at radius 1 is 1.33 bits per heavy atom. The van der Waals surface area contributed by atoms with E-state index in [1.807, 2.05) is 0 Å². The Morgan fingerprint density at radius 2 is 2.00 bits per heavy atom. The molecule has 0 aromatic carbocycles. The minimum atomic E-state index is 0.0956. The average Bonchev–Trinajstić information content (AvgIpc) is 2.21. The minimum absolute atomic E-state index is 0.0956. The first-order chi connectivity index (χ1) is 7.22. The molecule has 1 fully saturated rings. The second-order valence-electron chi connectivity index (χ2n) is 3.90. The zero-order valence-corrected chi connectivity index (χ0v) is 11.8. The van der Waals surface area contributed by atoms with Crippen LogP contribution in [0, 0.1) is 0 Å². The van der Waals surface area contributed by atoms with Gasteiger partial charge >= 0.3 is 103 Å². The number of nitrogens with zero attached hydrogens (tertiary/aromatic N) is 2. The second-order valence-corrected chi connectivity index (χ2v) is 6.18. The molecule has 1 heterocycles. The number of carbonyl (C=O) groups is 1. The van der Waals surface area contributed by atoms with Crippen LogP contribution in [-0.4, -0.2) is 71.4 Å². The van der Waals surface area contributed by atoms with Crippen LogP contribution in [0.15, 0.2) is 0 Å². The van der Waals surface area contributed by atoms with E-state index in [2.05, 4.69) is 27.1 Å². The van der Waals surface area contributed by atoms with Crippen molar-refractivity contribution in [3.63, 3.8) is 0 Å². The first kappa shape index (κ1) is 13.2. The van der Waals surface area contributed by atoms with Crippen LogP contribution in [0.5, 0.6) is 0 Å². The number of amides is 1. The van der Waals surface area contributed by atoms with Crippen LogP contribution in [0.1, 0.15) is 0 Å². The first-order valence-corrected chi connectivity index (χ1v) is 9.02. The summed E-state index contributed by atoms with van der Waals surface area (Å²) in [7, 11) is 2.16. The summed E-state index contributed by atoms with van der Waals surface area (Å²) in [4.78, 5) is 18.1. The molecule has 1 saturated heterocycles. The molecule has 5 heteroatoms. The molecule has 15 heavy (non-hydrogen) atoms. The number of hydrogen-bond acceptors (Lipinski definition) is 3. The number of likely N-dealkylation sites (N-methyl/N-ethyl adjacent to an activating group) is 1. The van der Waals surface area contributed by atoms with Crippen LogP contribution in [0.4, 0.5) is 0 Å². The van der Waals surface area contributed by atoms with Gasteiger partial charge < -0.3 is 0 Å². The normalized spacial score (nSPS) is 19.3. The number of rotatable bonds is 5. The summed E-state index contributed by atoms with van der Waals surface area (Å²) in [5.41, 5.74) is 0. The Morgan fingerprint density at radius 3 is 2.60 bits per heavy atom. The topological polar surface area (TPSA) is 35.6 Å². The Kier molecular flexibility index (Phi) is 6.51. The predicted molar refractivity (Wildman–Crippen MR) is 57.7 cm³/mol. The Bertz CT molecular complexity index is 193. The SMILES string of the molecule is C[I-]CC(=O)NCCN1CCN(C)CC1. The van der Waals surface area contributed by atoms with Crippen molar-refractivity contribution < 1.29 is 26.0 Å². The van der Waals surface area contributed by atoms with Crippen LogP contribution in [0.25, 0.3) is 0 Å². The van der Waals surface area contributed by atoms with Crippen molar-refractivity contribution in [3.05, 3.63) is 0 Å². The molecule has 0 aromatic rings. The quantitative estimate of drug-likeness (QED) is 0.414. The van der Waals surface area contributed by atoms with Crippen molar-refractivity contribution in [2.45, 2.75) is 0 Å². The van der Waals surface area contributed by atoms with Gasteiger partial charge in [0.2, 0.25) is 0 Å². The van der Waals surface area contributed by atoms with Gasteiger partial charge in [-0.3, -0.25) is 0 Å². The van der Waals surface area contributed by atoms with Gasteiger partial charge in [0.1, 0.15) is 0 Å². The monoisotopic (exact) mass is 326 g/mol. The number of piperazine rings is 1. The fourth-order valence-corrected chi connectivity index (χ4v) is 2.56. The third kappa shape index (κ3) is 5.67. The Hall–Kier alpha value is 0.120. The van der Waals surface area contributed by atoms with Gasteiger partial charge in [-0.05, 0) is 0 Å². The predicted octanol–water partition coefficient (Wildman–Crippen LogP) is -3.93. The van der Waals surface area contributed by atoms with Crippen molar-refractivity contribution in [2.24, 2.45) is 0 Å². The fraction of sp³-hybridized carbons (Fsp3) is 0.900. The van der Waals surface area contributed by atoms with Crippen molar-refractivity contribution in [1.82, 2.24) is 15.1 Å². The summed E-state index contributed by atoms with van der Waals surface area (Å²) in [5.74, 6) is 0.236. The second kappa shape index (κ2) is 7.40. The summed E-state index contributed by atoms with van der Waals surface area (Å²) in [5, 5.41) is 2.98. The van der Waals surface area contributed by atoms with Gasteiger partial charge in [-0.2, -0.15) is 0 Å². The molecule has 90 valence electrons. The van der Waals surface area contributed by atoms with Crippen LogP contribution >= 0.6 is 0 Å². The maximum atomic E-state index is 11.2. The van der Waals surface area contributed by atoms with E-state index in [9.17, 15) is 4.79 Å². The van der Waals surface area contributed by atoms with E-state index >= 15 is 0 Å². The van der Waals surface area contributed by atoms with E-state index in [1.165, 1.54) is 0 Å². The number of alkyl halides is 2. The van der Waals surface area contributed by atoms with Gasteiger partial charge in [0, 0.05) is 0 Å². The fourth-order valence-electron chi connectivity index (χ4n) is 1.59. The van der Waals surface area contributed by atoms with E-state index in [-0.39, 0.29) is 27.1 Å². The molecule has 4 nitrogen and oxygen atoms in total. The van der Waals surface area contributed by atoms with Gasteiger partial charge in [0.25, 0.3) is 0 Å². The average molecular weight is 326 g/mol. The summed E-state index contributed by atoms with van der Waals surface area (Å²) < 4.78 is 0.765. The van der Waals surface area contributed by atoms with E-state index in [0.29, 0.717) is 0 Å². The standard InChI is InChI=1S/C10H21IN3O/c1-11-9-10(15)12-3-4-14-7-5-13(2)6-8-14/h3-9H2,1-2H3,(H,12,15)/q-1. The van der Waals surface area contributed by atoms with Crippen LogP contribution < -0.4 is 26.5 Å². The molecule has 1 N–H and O–H groups in total. The maximum absolute atomic E-state index is 11.2. The molecule has 0 aliphatic carbocycles. The van der Waals surface area contributed by atoms with Crippen LogP contribution in [-0.2, 0) is 4.79 Å². The summed E-state index contributed by atoms with van der Waals surface area (Å²) >= 11 is 0.0956. The van der Waals surface area contributed by atoms with E-state index < -0.39 is 0 Å². The molecule has 1 rings (SSSR count). The number of halogens is 1. The van der Waals surface area contributed by atoms with Crippen molar-refractivity contribution in [2.75, 3.05) is 55.7 Å². The molecular weight excluding hydrogens is 305 g/mol. The van der Waals surface area contributed by atoms with E-state index in [0.717, 1.165) is 43.7 Å². The van der Waals surface area contributed by atoms with Gasteiger partial charge in [0.15, 0.2) is 0 Å². The number of hydrogen-bond donors (Lipinski definition) is 1. The van der Waals surface area contributed by atoms with Gasteiger partial charge in [0.05, 0.1) is 0 Å². The number of nitrogens with one attached hydrogen (secondary N) is 1. The van der Waals surface area contributed by atoms with Crippen molar-refractivity contribution in [3.8, 4) is 0 Å². The molecule has 0 radical (unpaired) electrons. The van der Waals surface area contributed by atoms with Crippen LogP contribution in [0.2, 0.25) is 0 Å². The summed E-state index contributed by atoms with van der Waals surface area (Å²) in [6.45, 7) is 6.37. The third-order valence-electron chi connectivity index (χ3n) is 2.60. The molecular formula is C10H21IN3O-. The molecule has 0 spiro atoms. The number of carbonyl (C=O) groups excluding carboxylic acids is 1. The zero-order valence-electron chi connectivity index (χ0n) is 9.63. The zero-order chi connectivity index (χ0) is 11.1. The molecule has 0 bridgehead atoms. The molecule has 1 amide bonds. The van der Waals surface area contributed by atoms with Gasteiger partial charge in [-0.1, -0.05) is 0 Å². The summed E-state index contributed by atoms with van der Waals surface area (Å²) in [6.07, 6.45) is 0. The van der Waals surface area contributed by atoms with Gasteiger partial charge in [-0.15, -0.1) is 0 Å². The first-order valence-electron chi connectivity index (χ1n) is 5.33. The van der Waals surface area contributed by atoms with E-state index in [1.54, 1.807) is 0 Å². The molecule has 1 aliphatic heterocycles. The Balaban J connectivity index is 2.02. The van der Waals surface area contributed by atoms with E-state index in [4.69, 9.17) is 0 Å². The summed E-state index contributed by atoms with van der Waals surface area (Å²) in [6, 6.07) is 0. The van der Waals surface area contributed by atoms with Crippen LogP contribution in [0.3, 0.4) is 0 Å². The molecule has 0 aromatic heterocycles. The molecule has 0 atom stereocenters. The Labute approximate surface area is 103 Å².